The second-order valence-electron chi connectivity index (χ2n) is 8.61. The Labute approximate surface area is 197 Å². The van der Waals surface area contributed by atoms with Gasteiger partial charge in [0.2, 0.25) is 5.91 Å². The summed E-state index contributed by atoms with van der Waals surface area (Å²) in [5.41, 5.74) is 1.60. The molecule has 0 saturated carbocycles. The Hall–Kier alpha value is -2.56. The second kappa shape index (κ2) is 9.36. The number of amides is 1. The summed E-state index contributed by atoms with van der Waals surface area (Å²) in [6.07, 6.45) is 5.71. The van der Waals surface area contributed by atoms with E-state index in [0.717, 1.165) is 43.0 Å². The van der Waals surface area contributed by atoms with Gasteiger partial charge in [0, 0.05) is 37.3 Å². The van der Waals surface area contributed by atoms with Crippen LogP contribution < -0.4 is 5.32 Å². The van der Waals surface area contributed by atoms with Crippen molar-refractivity contribution in [1.82, 2.24) is 19.1 Å². The Morgan fingerprint density at radius 3 is 2.82 bits per heavy atom. The number of sulfonamides is 1. The lowest BCUT2D eigenvalue weighted by molar-refractivity contribution is -0.120. The maximum atomic E-state index is 13.0. The number of aromatic nitrogens is 3. The first-order valence-electron chi connectivity index (χ1n) is 11.4. The van der Waals surface area contributed by atoms with Gasteiger partial charge in [-0.3, -0.25) is 4.79 Å². The summed E-state index contributed by atoms with van der Waals surface area (Å²) in [6.45, 7) is 1.55. The summed E-state index contributed by atoms with van der Waals surface area (Å²) >= 11 is 1.20. The minimum atomic E-state index is -3.55. The summed E-state index contributed by atoms with van der Waals surface area (Å²) in [4.78, 5) is 13.0. The molecule has 2 aromatic heterocycles. The molecule has 1 atom stereocenters. The summed E-state index contributed by atoms with van der Waals surface area (Å²) in [5.74, 6) is 1.31. The smallest absolute Gasteiger partial charge is 0.252 e. The Kier molecular flexibility index (Phi) is 6.31. The number of carbonyl (C=O) groups excluding carboxylic acids is 1. The van der Waals surface area contributed by atoms with Crippen LogP contribution in [0.4, 0.5) is 5.69 Å². The summed E-state index contributed by atoms with van der Waals surface area (Å²) in [5, 5.41) is 13.5. The molecule has 10 heteroatoms. The zero-order chi connectivity index (χ0) is 22.8. The van der Waals surface area contributed by atoms with Crippen LogP contribution in [-0.4, -0.2) is 46.5 Å². The van der Waals surface area contributed by atoms with Gasteiger partial charge in [-0.2, -0.15) is 4.31 Å². The van der Waals surface area contributed by atoms with E-state index in [-0.39, 0.29) is 18.4 Å². The molecule has 33 heavy (non-hydrogen) atoms. The van der Waals surface area contributed by atoms with Gasteiger partial charge < -0.3 is 9.88 Å². The van der Waals surface area contributed by atoms with E-state index in [4.69, 9.17) is 0 Å². The van der Waals surface area contributed by atoms with Gasteiger partial charge in [-0.25, -0.2) is 8.42 Å². The molecule has 0 radical (unpaired) electrons. The van der Waals surface area contributed by atoms with E-state index in [0.29, 0.717) is 29.3 Å². The lowest BCUT2D eigenvalue weighted by Crippen LogP contribution is -2.43. The van der Waals surface area contributed by atoms with E-state index in [1.807, 2.05) is 24.3 Å². The first kappa shape index (κ1) is 22.2. The van der Waals surface area contributed by atoms with E-state index in [9.17, 15) is 13.2 Å². The lowest BCUT2D eigenvalue weighted by atomic mass is 9.98. The standard InChI is InChI=1S/C23H27N5O3S2/c29-23(18-8-5-12-27(16-18)33(30,31)21-11-6-14-32-21)24-19-9-4-7-17(15-19)22-26-25-20-10-2-1-3-13-28(20)22/h4,6-7,9,11,14-15,18H,1-3,5,8,10,12-13,16H2,(H,24,29)/t18-/m1/s1. The molecule has 1 aromatic carbocycles. The van der Waals surface area contributed by atoms with Gasteiger partial charge in [0.15, 0.2) is 5.82 Å². The molecule has 2 aliphatic rings. The molecule has 0 spiro atoms. The average molecular weight is 486 g/mol. The molecule has 1 amide bonds. The molecule has 2 aliphatic heterocycles. The van der Waals surface area contributed by atoms with Crippen molar-refractivity contribution in [3.63, 3.8) is 0 Å². The summed E-state index contributed by atoms with van der Waals surface area (Å²) in [6, 6.07) is 11.0. The molecule has 5 rings (SSSR count). The molecule has 174 valence electrons. The zero-order valence-corrected chi connectivity index (χ0v) is 19.9. The minimum Gasteiger partial charge on any atom is -0.326 e. The molecule has 3 aromatic rings. The molecule has 0 aliphatic carbocycles. The largest absolute Gasteiger partial charge is 0.326 e. The molecular formula is C23H27N5O3S2. The van der Waals surface area contributed by atoms with Crippen LogP contribution in [0.1, 0.15) is 37.9 Å². The second-order valence-corrected chi connectivity index (χ2v) is 11.7. The molecule has 8 nitrogen and oxygen atoms in total. The monoisotopic (exact) mass is 485 g/mol. The number of anilines is 1. The highest BCUT2D eigenvalue weighted by molar-refractivity contribution is 7.91. The number of nitrogens with one attached hydrogen (secondary N) is 1. The number of rotatable bonds is 5. The number of fused-ring (bicyclic) bond motifs is 1. The molecule has 4 heterocycles. The van der Waals surface area contributed by atoms with Crippen molar-refractivity contribution < 1.29 is 13.2 Å². The van der Waals surface area contributed by atoms with E-state index in [1.165, 1.54) is 22.1 Å². The highest BCUT2D eigenvalue weighted by Crippen LogP contribution is 2.28. The van der Waals surface area contributed by atoms with Gasteiger partial charge in [-0.05, 0) is 49.3 Å². The van der Waals surface area contributed by atoms with Crippen molar-refractivity contribution in [2.24, 2.45) is 5.92 Å². The van der Waals surface area contributed by atoms with Crippen LogP contribution in [0, 0.1) is 5.92 Å². The Balaban J connectivity index is 1.30. The zero-order valence-electron chi connectivity index (χ0n) is 18.3. The quantitative estimate of drug-likeness (QED) is 0.593. The SMILES string of the molecule is O=C(Nc1cccc(-c2nnc3n2CCCCC3)c1)[C@@H]1CCCN(S(=O)(=O)c2cccs2)C1. The summed E-state index contributed by atoms with van der Waals surface area (Å²) < 4.78 is 29.7. The predicted octanol–water partition coefficient (Wildman–Crippen LogP) is 3.77. The molecule has 1 fully saturated rings. The number of aryl methyl sites for hydroxylation is 1. The van der Waals surface area contributed by atoms with Gasteiger partial charge in [-0.15, -0.1) is 21.5 Å². The molecular weight excluding hydrogens is 458 g/mol. The van der Waals surface area contributed by atoms with E-state index >= 15 is 0 Å². The maximum Gasteiger partial charge on any atom is 0.252 e. The van der Waals surface area contributed by atoms with Crippen LogP contribution in [-0.2, 0) is 27.8 Å². The third-order valence-electron chi connectivity index (χ3n) is 6.34. The van der Waals surface area contributed by atoms with Gasteiger partial charge in [0.05, 0.1) is 5.92 Å². The van der Waals surface area contributed by atoms with Crippen molar-refractivity contribution in [2.45, 2.75) is 49.3 Å². The molecule has 0 bridgehead atoms. The highest BCUT2D eigenvalue weighted by Gasteiger charge is 2.33. The van der Waals surface area contributed by atoms with Gasteiger partial charge in [0.25, 0.3) is 10.0 Å². The maximum absolute atomic E-state index is 13.0. The number of benzene rings is 1. The third-order valence-corrected chi connectivity index (χ3v) is 9.58. The lowest BCUT2D eigenvalue weighted by Gasteiger charge is -2.30. The normalized spacial score (nSPS) is 19.6. The van der Waals surface area contributed by atoms with Crippen LogP contribution in [0.5, 0.6) is 0 Å². The minimum absolute atomic E-state index is 0.154. The first-order chi connectivity index (χ1) is 16.0. The van der Waals surface area contributed by atoms with Crippen molar-refractivity contribution >= 4 is 33.0 Å². The number of thiophene rings is 1. The third kappa shape index (κ3) is 4.60. The van der Waals surface area contributed by atoms with E-state index < -0.39 is 10.0 Å². The van der Waals surface area contributed by atoms with Crippen LogP contribution in [0.2, 0.25) is 0 Å². The van der Waals surface area contributed by atoms with Crippen LogP contribution >= 0.6 is 11.3 Å². The van der Waals surface area contributed by atoms with E-state index in [2.05, 4.69) is 20.1 Å². The molecule has 0 unspecified atom stereocenters. The van der Waals surface area contributed by atoms with Crippen molar-refractivity contribution in [3.8, 4) is 11.4 Å². The number of hydrogen-bond acceptors (Lipinski definition) is 6. The fraction of sp³-hybridized carbons (Fsp3) is 0.435. The van der Waals surface area contributed by atoms with Crippen molar-refractivity contribution in [2.75, 3.05) is 18.4 Å². The summed E-state index contributed by atoms with van der Waals surface area (Å²) in [7, 11) is -3.55. The van der Waals surface area contributed by atoms with E-state index in [1.54, 1.807) is 17.5 Å². The topological polar surface area (TPSA) is 97.2 Å². The molecule has 1 N–H and O–H groups in total. The Morgan fingerprint density at radius 2 is 1.97 bits per heavy atom. The van der Waals surface area contributed by atoms with Crippen molar-refractivity contribution in [3.05, 3.63) is 47.6 Å². The fourth-order valence-electron chi connectivity index (χ4n) is 4.59. The number of piperidine rings is 1. The Morgan fingerprint density at radius 1 is 1.06 bits per heavy atom. The van der Waals surface area contributed by atoms with Gasteiger partial charge in [-0.1, -0.05) is 24.6 Å². The Bertz CT molecular complexity index is 1240. The van der Waals surface area contributed by atoms with Crippen LogP contribution in [0.3, 0.4) is 0 Å². The fourth-order valence-corrected chi connectivity index (χ4v) is 7.26. The van der Waals surface area contributed by atoms with Gasteiger partial charge >= 0.3 is 0 Å². The van der Waals surface area contributed by atoms with Crippen LogP contribution in [0.15, 0.2) is 46.0 Å². The average Bonchev–Trinajstić information content (AvgIpc) is 3.46. The highest BCUT2D eigenvalue weighted by atomic mass is 32.2. The number of carbonyl (C=O) groups is 1. The predicted molar refractivity (Wildman–Crippen MR) is 127 cm³/mol. The van der Waals surface area contributed by atoms with Crippen molar-refractivity contribution in [1.29, 1.82) is 0 Å². The molecule has 1 saturated heterocycles. The number of nitrogens with zero attached hydrogens (tertiary/aromatic N) is 4. The van der Waals surface area contributed by atoms with Crippen LogP contribution in [0.25, 0.3) is 11.4 Å². The first-order valence-corrected chi connectivity index (χ1v) is 13.7. The number of hydrogen-bond donors (Lipinski definition) is 1. The van der Waals surface area contributed by atoms with Gasteiger partial charge in [0.1, 0.15) is 10.0 Å².